The van der Waals surface area contributed by atoms with Crippen LogP contribution in [0.15, 0.2) is 30.3 Å². The molecule has 1 aliphatic rings. The molecule has 2 aromatic carbocycles. The van der Waals surface area contributed by atoms with Gasteiger partial charge in [-0.05, 0) is 86.2 Å². The van der Waals surface area contributed by atoms with Gasteiger partial charge in [-0.1, -0.05) is 17.2 Å². The van der Waals surface area contributed by atoms with Gasteiger partial charge >= 0.3 is 18.4 Å². The summed E-state index contributed by atoms with van der Waals surface area (Å²) >= 11 is 0. The summed E-state index contributed by atoms with van der Waals surface area (Å²) in [4.78, 5) is 17.4. The molecule has 0 saturated heterocycles. The SMILES string of the molecule is Cc1ccc2c(c1C)N(C(=O)OC(C)C)CCCC2N(Cc1cc(C(F)(F)F)cc(C(F)(F)F)c1)c1nnn(C)n1. The Labute approximate surface area is 232 Å². The molecular weight excluding hydrogens is 554 g/mol. The van der Waals surface area contributed by atoms with Crippen LogP contribution in [0.1, 0.15) is 66.1 Å². The Morgan fingerprint density at radius 3 is 2.24 bits per heavy atom. The molecule has 0 aliphatic carbocycles. The summed E-state index contributed by atoms with van der Waals surface area (Å²) in [5, 5.41) is 12.1. The van der Waals surface area contributed by atoms with Crippen LogP contribution in [-0.2, 0) is 30.7 Å². The van der Waals surface area contributed by atoms with Gasteiger partial charge in [0.1, 0.15) is 0 Å². The Morgan fingerprint density at radius 2 is 1.71 bits per heavy atom. The summed E-state index contributed by atoms with van der Waals surface area (Å²) in [6, 6.07) is 4.53. The summed E-state index contributed by atoms with van der Waals surface area (Å²) in [6.45, 7) is 7.10. The molecule has 0 N–H and O–H groups in total. The monoisotopic (exact) mass is 584 g/mol. The maximum Gasteiger partial charge on any atom is 0.416 e. The lowest BCUT2D eigenvalue weighted by molar-refractivity contribution is -0.143. The number of benzene rings is 2. The van der Waals surface area contributed by atoms with E-state index in [1.165, 1.54) is 16.8 Å². The number of rotatable bonds is 5. The number of aryl methyl sites for hydroxylation is 2. The van der Waals surface area contributed by atoms with Crippen LogP contribution in [-0.4, -0.2) is 38.9 Å². The summed E-state index contributed by atoms with van der Waals surface area (Å²) in [5.41, 5.74) is -0.155. The molecule has 0 fully saturated rings. The lowest BCUT2D eigenvalue weighted by atomic mass is 9.94. The zero-order valence-corrected chi connectivity index (χ0v) is 23.1. The fraction of sp³-hybridized carbons (Fsp3) is 0.481. The molecule has 222 valence electrons. The second-order valence-electron chi connectivity index (χ2n) is 10.3. The predicted molar refractivity (Wildman–Crippen MR) is 138 cm³/mol. The van der Waals surface area contributed by atoms with Gasteiger partial charge in [0, 0.05) is 13.1 Å². The van der Waals surface area contributed by atoms with E-state index in [2.05, 4.69) is 15.4 Å². The van der Waals surface area contributed by atoms with Crippen LogP contribution >= 0.6 is 0 Å². The van der Waals surface area contributed by atoms with Gasteiger partial charge in [-0.15, -0.1) is 5.10 Å². The minimum absolute atomic E-state index is 0.0193. The molecule has 0 saturated carbocycles. The molecular formula is C27H30F6N6O2. The molecule has 3 aromatic rings. The number of alkyl halides is 6. The van der Waals surface area contributed by atoms with Crippen LogP contribution in [0.5, 0.6) is 0 Å². The van der Waals surface area contributed by atoms with Crippen molar-refractivity contribution in [2.75, 3.05) is 16.3 Å². The largest absolute Gasteiger partial charge is 0.446 e. The number of hydrogen-bond acceptors (Lipinski definition) is 6. The zero-order chi connectivity index (χ0) is 30.3. The maximum absolute atomic E-state index is 13.6. The molecule has 8 nitrogen and oxygen atoms in total. The third-order valence-electron chi connectivity index (χ3n) is 6.91. The average Bonchev–Trinajstić information content (AvgIpc) is 3.19. The van der Waals surface area contributed by atoms with Crippen molar-refractivity contribution in [2.45, 2.75) is 71.6 Å². The fourth-order valence-corrected chi connectivity index (χ4v) is 4.95. The number of anilines is 2. The van der Waals surface area contributed by atoms with Crippen LogP contribution in [0.4, 0.5) is 42.8 Å². The van der Waals surface area contributed by atoms with Gasteiger partial charge < -0.3 is 9.64 Å². The van der Waals surface area contributed by atoms with Crippen molar-refractivity contribution < 1.29 is 35.9 Å². The summed E-state index contributed by atoms with van der Waals surface area (Å²) in [7, 11) is 1.50. The molecule has 1 atom stereocenters. The van der Waals surface area contributed by atoms with Crippen molar-refractivity contribution in [3.63, 3.8) is 0 Å². The lowest BCUT2D eigenvalue weighted by Crippen LogP contribution is -2.35. The first kappa shape index (κ1) is 30.1. The molecule has 4 rings (SSSR count). The lowest BCUT2D eigenvalue weighted by Gasteiger charge is -2.33. The number of ether oxygens (including phenoxy) is 1. The minimum Gasteiger partial charge on any atom is -0.446 e. The fourth-order valence-electron chi connectivity index (χ4n) is 4.95. The van der Waals surface area contributed by atoms with E-state index in [1.807, 2.05) is 19.9 Å². The Balaban J connectivity index is 1.87. The molecule has 1 amide bonds. The first-order chi connectivity index (χ1) is 19.1. The quantitative estimate of drug-likeness (QED) is 0.309. The first-order valence-electron chi connectivity index (χ1n) is 12.9. The van der Waals surface area contributed by atoms with E-state index in [-0.39, 0.29) is 30.2 Å². The molecule has 0 bridgehead atoms. The third-order valence-corrected chi connectivity index (χ3v) is 6.91. The third kappa shape index (κ3) is 6.57. The van der Waals surface area contributed by atoms with Crippen molar-refractivity contribution in [3.05, 3.63) is 63.7 Å². The van der Waals surface area contributed by atoms with Crippen molar-refractivity contribution in [1.82, 2.24) is 20.2 Å². The van der Waals surface area contributed by atoms with E-state index in [0.29, 0.717) is 42.8 Å². The molecule has 41 heavy (non-hydrogen) atoms. The number of carbonyl (C=O) groups is 1. The number of carbonyl (C=O) groups excluding carboxylic acids is 1. The van der Waals surface area contributed by atoms with Gasteiger partial charge in [0.05, 0.1) is 36.0 Å². The molecule has 1 aromatic heterocycles. The van der Waals surface area contributed by atoms with Crippen LogP contribution in [0.25, 0.3) is 0 Å². The van der Waals surface area contributed by atoms with Crippen molar-refractivity contribution in [1.29, 1.82) is 0 Å². The Bertz CT molecular complexity index is 1390. The number of amides is 1. The predicted octanol–water partition coefficient (Wildman–Crippen LogP) is 6.76. The molecule has 0 spiro atoms. The van der Waals surface area contributed by atoms with Gasteiger partial charge in [0.25, 0.3) is 5.95 Å². The molecule has 1 aliphatic heterocycles. The topological polar surface area (TPSA) is 76.4 Å². The van der Waals surface area contributed by atoms with Crippen LogP contribution < -0.4 is 9.80 Å². The van der Waals surface area contributed by atoms with Crippen molar-refractivity contribution in [3.8, 4) is 0 Å². The number of aromatic nitrogens is 4. The summed E-state index contributed by atoms with van der Waals surface area (Å²) in [5.74, 6) is 0.0193. The van der Waals surface area contributed by atoms with E-state index >= 15 is 0 Å². The Kier molecular flexibility index (Phi) is 8.23. The van der Waals surface area contributed by atoms with Crippen LogP contribution in [0.3, 0.4) is 0 Å². The van der Waals surface area contributed by atoms with E-state index in [0.717, 1.165) is 15.9 Å². The van der Waals surface area contributed by atoms with E-state index < -0.39 is 35.6 Å². The van der Waals surface area contributed by atoms with Gasteiger partial charge in [-0.2, -0.15) is 31.1 Å². The average molecular weight is 585 g/mol. The standard InChI is InChI=1S/C27H30F6N6O2/c1-15(2)41-25(40)38-10-6-7-22(21-9-8-16(3)17(4)23(21)38)39(24-34-36-37(5)35-24)14-18-11-19(26(28,29)30)13-20(12-18)27(31,32)33/h8-9,11-13,15,22H,6-7,10,14H2,1-5H3. The minimum atomic E-state index is -4.99. The van der Waals surface area contributed by atoms with E-state index in [4.69, 9.17) is 4.74 Å². The van der Waals surface area contributed by atoms with Gasteiger partial charge in [-0.3, -0.25) is 4.90 Å². The molecule has 14 heteroatoms. The first-order valence-corrected chi connectivity index (χ1v) is 12.9. The molecule has 2 heterocycles. The highest BCUT2D eigenvalue weighted by Gasteiger charge is 2.38. The smallest absolute Gasteiger partial charge is 0.416 e. The van der Waals surface area contributed by atoms with E-state index in [1.54, 1.807) is 19.9 Å². The zero-order valence-electron chi connectivity index (χ0n) is 23.1. The van der Waals surface area contributed by atoms with E-state index in [9.17, 15) is 31.1 Å². The second-order valence-corrected chi connectivity index (χ2v) is 10.3. The Morgan fingerprint density at radius 1 is 1.07 bits per heavy atom. The highest BCUT2D eigenvalue weighted by atomic mass is 19.4. The van der Waals surface area contributed by atoms with Gasteiger partial charge in [0.2, 0.25) is 0 Å². The van der Waals surface area contributed by atoms with Crippen LogP contribution in [0.2, 0.25) is 0 Å². The molecule has 1 unspecified atom stereocenters. The number of nitrogens with zero attached hydrogens (tertiary/aromatic N) is 6. The number of fused-ring (bicyclic) bond motifs is 1. The number of tetrazole rings is 1. The maximum atomic E-state index is 13.6. The Hall–Kier alpha value is -3.84. The number of halogens is 6. The molecule has 0 radical (unpaired) electrons. The highest BCUT2D eigenvalue weighted by Crippen LogP contribution is 2.43. The van der Waals surface area contributed by atoms with Crippen molar-refractivity contribution in [2.24, 2.45) is 7.05 Å². The second kappa shape index (κ2) is 11.2. The summed E-state index contributed by atoms with van der Waals surface area (Å²) in [6.07, 6.45) is -10.1. The van der Waals surface area contributed by atoms with Crippen LogP contribution in [0, 0.1) is 13.8 Å². The number of hydrogen-bond donors (Lipinski definition) is 0. The summed E-state index contributed by atoms with van der Waals surface area (Å²) < 4.78 is 87.3. The van der Waals surface area contributed by atoms with Gasteiger partial charge in [0.15, 0.2) is 0 Å². The normalized spacial score (nSPS) is 16.0. The van der Waals surface area contributed by atoms with Gasteiger partial charge in [-0.25, -0.2) is 4.79 Å². The van der Waals surface area contributed by atoms with Crippen molar-refractivity contribution >= 4 is 17.7 Å². The highest BCUT2D eigenvalue weighted by molar-refractivity contribution is 5.90.